The summed E-state index contributed by atoms with van der Waals surface area (Å²) in [5.41, 5.74) is 7.19. The average Bonchev–Trinajstić information content (AvgIpc) is 2.98. The summed E-state index contributed by atoms with van der Waals surface area (Å²) in [7, 11) is 1.75. The summed E-state index contributed by atoms with van der Waals surface area (Å²) in [6.07, 6.45) is 2.19. The molecule has 0 radical (unpaired) electrons. The van der Waals surface area contributed by atoms with E-state index in [1.807, 2.05) is 0 Å². The minimum atomic E-state index is 0.589. The molecule has 3 nitrogen and oxygen atoms in total. The number of nitrogens with zero attached hydrogens (tertiary/aromatic N) is 2. The molecule has 2 aromatic carbocycles. The summed E-state index contributed by atoms with van der Waals surface area (Å²) in [6, 6.07) is 15.9. The van der Waals surface area contributed by atoms with Gasteiger partial charge in [0.15, 0.2) is 0 Å². The number of methoxy groups -OCH3 is 1. The lowest BCUT2D eigenvalue weighted by Gasteiger charge is -2.33. The van der Waals surface area contributed by atoms with Gasteiger partial charge in [-0.1, -0.05) is 31.2 Å². The quantitative estimate of drug-likeness (QED) is 0.638. The van der Waals surface area contributed by atoms with Crippen molar-refractivity contribution in [3.8, 4) is 5.75 Å². The number of aryl methyl sites for hydroxylation is 3. The summed E-state index contributed by atoms with van der Waals surface area (Å²) in [5, 5.41) is 1.36. The van der Waals surface area contributed by atoms with Crippen LogP contribution in [0.1, 0.15) is 36.2 Å². The molecule has 3 heteroatoms. The van der Waals surface area contributed by atoms with Crippen LogP contribution in [-0.2, 0) is 25.9 Å². The van der Waals surface area contributed by atoms with E-state index in [0.29, 0.717) is 6.04 Å². The van der Waals surface area contributed by atoms with Gasteiger partial charge in [0.2, 0.25) is 0 Å². The monoisotopic (exact) mass is 362 g/mol. The number of aromatic nitrogens is 1. The maximum absolute atomic E-state index is 5.52. The molecule has 1 aliphatic rings. The molecule has 142 valence electrons. The van der Waals surface area contributed by atoms with Crippen molar-refractivity contribution in [1.29, 1.82) is 0 Å². The minimum absolute atomic E-state index is 0.589. The molecular formula is C24H30N2O. The molecule has 1 atom stereocenters. The van der Waals surface area contributed by atoms with Gasteiger partial charge in [-0.25, -0.2) is 0 Å². The Hall–Kier alpha value is -2.26. The largest absolute Gasteiger partial charge is 0.497 e. The summed E-state index contributed by atoms with van der Waals surface area (Å²) in [5.74, 6) is 0.947. The van der Waals surface area contributed by atoms with Gasteiger partial charge in [-0.15, -0.1) is 0 Å². The van der Waals surface area contributed by atoms with Crippen LogP contribution >= 0.6 is 0 Å². The number of ether oxygens (including phenoxy) is 1. The smallest absolute Gasteiger partial charge is 0.119 e. The molecule has 3 aromatic rings. The number of fused-ring (bicyclic) bond motifs is 3. The van der Waals surface area contributed by atoms with Crippen molar-refractivity contribution in [3.05, 3.63) is 64.8 Å². The van der Waals surface area contributed by atoms with E-state index in [0.717, 1.165) is 38.2 Å². The van der Waals surface area contributed by atoms with Crippen molar-refractivity contribution in [2.75, 3.05) is 13.7 Å². The third-order valence-corrected chi connectivity index (χ3v) is 6.24. The van der Waals surface area contributed by atoms with Crippen LogP contribution in [-0.4, -0.2) is 29.2 Å². The van der Waals surface area contributed by atoms with E-state index in [1.54, 1.807) is 7.11 Å². The van der Waals surface area contributed by atoms with E-state index >= 15 is 0 Å². The maximum atomic E-state index is 5.52. The molecular weight excluding hydrogens is 332 g/mol. The number of benzene rings is 2. The summed E-state index contributed by atoms with van der Waals surface area (Å²) < 4.78 is 8.09. The van der Waals surface area contributed by atoms with Crippen LogP contribution < -0.4 is 4.74 Å². The van der Waals surface area contributed by atoms with Crippen molar-refractivity contribution < 1.29 is 4.74 Å². The van der Waals surface area contributed by atoms with Crippen molar-refractivity contribution in [3.63, 3.8) is 0 Å². The Morgan fingerprint density at radius 1 is 1.15 bits per heavy atom. The molecule has 0 spiro atoms. The Bertz CT molecular complexity index is 956. The van der Waals surface area contributed by atoms with Crippen LogP contribution in [0.5, 0.6) is 5.75 Å². The van der Waals surface area contributed by atoms with Crippen LogP contribution in [0.4, 0.5) is 0 Å². The summed E-state index contributed by atoms with van der Waals surface area (Å²) >= 11 is 0. The molecule has 0 saturated heterocycles. The standard InChI is InChI=1S/C24H30N2O/c1-5-25-16-22-21-15-20(27-4)10-11-23(21)26(24(22)14-18(25)3)13-12-19-9-7-6-8-17(19)2/h6-11,15,18H,5,12-14,16H2,1-4H3. The van der Waals surface area contributed by atoms with Gasteiger partial charge in [0.1, 0.15) is 5.75 Å². The second-order valence-corrected chi connectivity index (χ2v) is 7.75. The molecule has 0 saturated carbocycles. The molecule has 27 heavy (non-hydrogen) atoms. The number of hydrogen-bond donors (Lipinski definition) is 0. The highest BCUT2D eigenvalue weighted by atomic mass is 16.5. The van der Waals surface area contributed by atoms with E-state index in [9.17, 15) is 0 Å². The fraction of sp³-hybridized carbons (Fsp3) is 0.417. The van der Waals surface area contributed by atoms with Gasteiger partial charge in [0.25, 0.3) is 0 Å². The van der Waals surface area contributed by atoms with Crippen molar-refractivity contribution in [1.82, 2.24) is 9.47 Å². The van der Waals surface area contributed by atoms with Crippen LogP contribution in [0.25, 0.3) is 10.9 Å². The highest BCUT2D eigenvalue weighted by molar-refractivity contribution is 5.87. The topological polar surface area (TPSA) is 17.4 Å². The first-order valence-corrected chi connectivity index (χ1v) is 10.1. The zero-order chi connectivity index (χ0) is 19.0. The maximum Gasteiger partial charge on any atom is 0.119 e. The van der Waals surface area contributed by atoms with Gasteiger partial charge in [0.05, 0.1) is 7.11 Å². The number of rotatable bonds is 5. The van der Waals surface area contributed by atoms with Gasteiger partial charge in [-0.05, 0) is 61.7 Å². The SMILES string of the molecule is CCN1Cc2c(n(CCc3ccccc3C)c3ccc(OC)cc23)CC1C. The Balaban J connectivity index is 1.77. The lowest BCUT2D eigenvalue weighted by molar-refractivity contribution is 0.192. The molecule has 0 amide bonds. The average molecular weight is 363 g/mol. The Kier molecular flexibility index (Phi) is 4.96. The Labute approximate surface area is 162 Å². The second kappa shape index (κ2) is 7.40. The van der Waals surface area contributed by atoms with Gasteiger partial charge in [-0.2, -0.15) is 0 Å². The number of hydrogen-bond acceptors (Lipinski definition) is 2. The fourth-order valence-corrected chi connectivity index (χ4v) is 4.56. The molecule has 1 unspecified atom stereocenters. The van der Waals surface area contributed by atoms with E-state index in [4.69, 9.17) is 4.74 Å². The van der Waals surface area contributed by atoms with Crippen LogP contribution in [0, 0.1) is 6.92 Å². The lowest BCUT2D eigenvalue weighted by atomic mass is 9.99. The minimum Gasteiger partial charge on any atom is -0.497 e. The first-order chi connectivity index (χ1) is 13.1. The first-order valence-electron chi connectivity index (χ1n) is 10.1. The molecule has 0 fully saturated rings. The normalized spacial score (nSPS) is 17.3. The molecule has 0 aliphatic carbocycles. The first kappa shape index (κ1) is 18.1. The van der Waals surface area contributed by atoms with E-state index in [1.165, 1.54) is 33.3 Å². The molecule has 0 N–H and O–H groups in total. The molecule has 0 bridgehead atoms. The van der Waals surface area contributed by atoms with Gasteiger partial charge >= 0.3 is 0 Å². The summed E-state index contributed by atoms with van der Waals surface area (Å²) in [6.45, 7) is 10.00. The molecule has 4 rings (SSSR count). The van der Waals surface area contributed by atoms with Crippen molar-refractivity contribution >= 4 is 10.9 Å². The van der Waals surface area contributed by atoms with E-state index in [-0.39, 0.29) is 0 Å². The molecule has 1 aromatic heterocycles. The third kappa shape index (κ3) is 3.25. The van der Waals surface area contributed by atoms with Gasteiger partial charge in [-0.3, -0.25) is 4.90 Å². The summed E-state index contributed by atoms with van der Waals surface area (Å²) in [4.78, 5) is 2.58. The number of likely N-dealkylation sites (N-methyl/N-ethyl adjacent to an activating group) is 1. The van der Waals surface area contributed by atoms with E-state index < -0.39 is 0 Å². The molecule has 1 aliphatic heterocycles. The second-order valence-electron chi connectivity index (χ2n) is 7.75. The fourth-order valence-electron chi connectivity index (χ4n) is 4.56. The third-order valence-electron chi connectivity index (χ3n) is 6.24. The predicted octanol–water partition coefficient (Wildman–Crippen LogP) is 4.97. The Morgan fingerprint density at radius 2 is 1.96 bits per heavy atom. The zero-order valence-corrected chi connectivity index (χ0v) is 17.0. The van der Waals surface area contributed by atoms with Gasteiger partial charge < -0.3 is 9.30 Å². The van der Waals surface area contributed by atoms with Gasteiger partial charge in [0, 0.05) is 42.1 Å². The van der Waals surface area contributed by atoms with Crippen molar-refractivity contribution in [2.24, 2.45) is 0 Å². The molecule has 2 heterocycles. The Morgan fingerprint density at radius 3 is 2.70 bits per heavy atom. The van der Waals surface area contributed by atoms with Crippen LogP contribution in [0.3, 0.4) is 0 Å². The predicted molar refractivity (Wildman–Crippen MR) is 113 cm³/mol. The van der Waals surface area contributed by atoms with Crippen LogP contribution in [0.2, 0.25) is 0 Å². The highest BCUT2D eigenvalue weighted by Crippen LogP contribution is 2.35. The zero-order valence-electron chi connectivity index (χ0n) is 17.0. The van der Waals surface area contributed by atoms with E-state index in [2.05, 4.69) is 72.7 Å². The highest BCUT2D eigenvalue weighted by Gasteiger charge is 2.27. The lowest BCUT2D eigenvalue weighted by Crippen LogP contribution is -2.38. The van der Waals surface area contributed by atoms with Crippen LogP contribution in [0.15, 0.2) is 42.5 Å². The van der Waals surface area contributed by atoms with Crippen molar-refractivity contribution in [2.45, 2.75) is 52.7 Å².